The van der Waals surface area contributed by atoms with Crippen LogP contribution in [0.1, 0.15) is 11.1 Å². The maximum absolute atomic E-state index is 5.19. The summed E-state index contributed by atoms with van der Waals surface area (Å²) in [6.07, 6.45) is 0. The fraction of sp³-hybridized carbons (Fsp3) is 0.235. The van der Waals surface area contributed by atoms with E-state index in [1.165, 1.54) is 5.56 Å². The van der Waals surface area contributed by atoms with E-state index in [1.807, 2.05) is 55.4 Å². The third-order valence-corrected chi connectivity index (χ3v) is 3.04. The molecule has 0 N–H and O–H groups in total. The number of rotatable bonds is 3. The summed E-state index contributed by atoms with van der Waals surface area (Å²) in [7, 11) is 5.66. The van der Waals surface area contributed by atoms with Gasteiger partial charge in [-0.05, 0) is 43.3 Å². The predicted octanol–water partition coefficient (Wildman–Crippen LogP) is 3.64. The lowest BCUT2D eigenvalue weighted by molar-refractivity contribution is 0.414. The van der Waals surface area contributed by atoms with Crippen LogP contribution in [-0.4, -0.2) is 31.9 Å². The van der Waals surface area contributed by atoms with Crippen LogP contribution in [0, 0.1) is 6.92 Å². The number of aryl methyl sites for hydroxylation is 1. The van der Waals surface area contributed by atoms with Gasteiger partial charge in [-0.25, -0.2) is 4.99 Å². The van der Waals surface area contributed by atoms with E-state index in [0.717, 1.165) is 22.8 Å². The van der Waals surface area contributed by atoms with Gasteiger partial charge in [-0.2, -0.15) is 0 Å². The summed E-state index contributed by atoms with van der Waals surface area (Å²) in [6.45, 7) is 2.07. The minimum atomic E-state index is 0.849. The summed E-state index contributed by atoms with van der Waals surface area (Å²) in [4.78, 5) is 6.74. The van der Waals surface area contributed by atoms with Gasteiger partial charge in [-0.3, -0.25) is 0 Å². The number of amidine groups is 1. The number of methoxy groups -OCH3 is 1. The first-order valence-corrected chi connectivity index (χ1v) is 6.57. The molecule has 104 valence electrons. The van der Waals surface area contributed by atoms with Crippen LogP contribution in [0.15, 0.2) is 53.5 Å². The minimum absolute atomic E-state index is 0.849. The van der Waals surface area contributed by atoms with Crippen molar-refractivity contribution in [1.82, 2.24) is 4.90 Å². The third-order valence-electron chi connectivity index (χ3n) is 3.04. The highest BCUT2D eigenvalue weighted by Gasteiger charge is 2.06. The lowest BCUT2D eigenvalue weighted by atomic mass is 10.2. The van der Waals surface area contributed by atoms with Crippen LogP contribution in [0.2, 0.25) is 0 Å². The third kappa shape index (κ3) is 3.38. The zero-order valence-corrected chi connectivity index (χ0v) is 12.4. The lowest BCUT2D eigenvalue weighted by Crippen LogP contribution is -2.22. The molecule has 0 unspecified atom stereocenters. The Hall–Kier alpha value is -2.29. The second-order valence-electron chi connectivity index (χ2n) is 4.89. The molecule has 0 bridgehead atoms. The van der Waals surface area contributed by atoms with E-state index in [-0.39, 0.29) is 0 Å². The molecule has 2 aromatic rings. The first-order chi connectivity index (χ1) is 9.60. The average Bonchev–Trinajstić information content (AvgIpc) is 2.46. The van der Waals surface area contributed by atoms with Crippen molar-refractivity contribution >= 4 is 11.5 Å². The van der Waals surface area contributed by atoms with Crippen LogP contribution in [0.3, 0.4) is 0 Å². The second-order valence-corrected chi connectivity index (χ2v) is 4.89. The topological polar surface area (TPSA) is 24.8 Å². The van der Waals surface area contributed by atoms with E-state index < -0.39 is 0 Å². The van der Waals surface area contributed by atoms with Gasteiger partial charge >= 0.3 is 0 Å². The Bertz CT molecular complexity index is 583. The molecule has 3 heteroatoms. The Morgan fingerprint density at radius 1 is 0.950 bits per heavy atom. The summed E-state index contributed by atoms with van der Waals surface area (Å²) in [6, 6.07) is 16.1. The molecular formula is C17H20N2O. The Kier molecular flexibility index (Phi) is 4.41. The number of benzene rings is 2. The second kappa shape index (κ2) is 6.24. The van der Waals surface area contributed by atoms with Crippen LogP contribution < -0.4 is 4.74 Å². The molecule has 0 spiro atoms. The summed E-state index contributed by atoms with van der Waals surface area (Å²) < 4.78 is 5.19. The Morgan fingerprint density at radius 2 is 1.55 bits per heavy atom. The SMILES string of the molecule is COc1ccc(C(=Nc2ccc(C)cc2)N(C)C)cc1. The largest absolute Gasteiger partial charge is 0.497 e. The molecule has 0 aromatic heterocycles. The molecular weight excluding hydrogens is 248 g/mol. The van der Waals surface area contributed by atoms with E-state index in [4.69, 9.17) is 9.73 Å². The number of aliphatic imine (C=N–C) groups is 1. The van der Waals surface area contributed by atoms with Gasteiger partial charge in [0.1, 0.15) is 11.6 Å². The van der Waals surface area contributed by atoms with Gasteiger partial charge in [0.2, 0.25) is 0 Å². The van der Waals surface area contributed by atoms with Crippen molar-refractivity contribution in [3.8, 4) is 5.75 Å². The quantitative estimate of drug-likeness (QED) is 0.627. The van der Waals surface area contributed by atoms with Gasteiger partial charge in [0.25, 0.3) is 0 Å². The number of nitrogens with zero attached hydrogens (tertiary/aromatic N) is 2. The zero-order valence-electron chi connectivity index (χ0n) is 12.4. The number of hydrogen-bond donors (Lipinski definition) is 0. The van der Waals surface area contributed by atoms with Crippen molar-refractivity contribution in [1.29, 1.82) is 0 Å². The van der Waals surface area contributed by atoms with Gasteiger partial charge in [0.05, 0.1) is 12.8 Å². The van der Waals surface area contributed by atoms with E-state index >= 15 is 0 Å². The van der Waals surface area contributed by atoms with Crippen molar-refractivity contribution in [2.24, 2.45) is 4.99 Å². The number of ether oxygens (including phenoxy) is 1. The zero-order chi connectivity index (χ0) is 14.5. The molecule has 0 heterocycles. The highest BCUT2D eigenvalue weighted by molar-refractivity contribution is 6.00. The first kappa shape index (κ1) is 14.1. The fourth-order valence-electron chi connectivity index (χ4n) is 1.90. The van der Waals surface area contributed by atoms with Gasteiger partial charge in [0, 0.05) is 19.7 Å². The molecule has 0 saturated carbocycles. The molecule has 0 atom stereocenters. The smallest absolute Gasteiger partial charge is 0.136 e. The molecule has 0 radical (unpaired) electrons. The molecule has 3 nitrogen and oxygen atoms in total. The van der Waals surface area contributed by atoms with Gasteiger partial charge in [-0.1, -0.05) is 17.7 Å². The summed E-state index contributed by atoms with van der Waals surface area (Å²) in [5.41, 5.74) is 3.26. The Labute approximate surface area is 120 Å². The molecule has 0 fully saturated rings. The highest BCUT2D eigenvalue weighted by Crippen LogP contribution is 2.18. The monoisotopic (exact) mass is 268 g/mol. The molecule has 0 aliphatic heterocycles. The van der Waals surface area contributed by atoms with Crippen LogP contribution >= 0.6 is 0 Å². The molecule has 2 rings (SSSR count). The van der Waals surface area contributed by atoms with Crippen LogP contribution in [-0.2, 0) is 0 Å². The van der Waals surface area contributed by atoms with Gasteiger partial charge in [0.15, 0.2) is 0 Å². The van der Waals surface area contributed by atoms with Crippen molar-refractivity contribution in [3.63, 3.8) is 0 Å². The molecule has 0 aliphatic carbocycles. The van der Waals surface area contributed by atoms with Crippen molar-refractivity contribution in [3.05, 3.63) is 59.7 Å². The molecule has 2 aromatic carbocycles. The maximum atomic E-state index is 5.19. The van der Waals surface area contributed by atoms with Gasteiger partial charge < -0.3 is 9.64 Å². The standard InChI is InChI=1S/C17H20N2O/c1-13-5-9-15(10-6-13)18-17(19(2)3)14-7-11-16(20-4)12-8-14/h5-12H,1-4H3. The molecule has 20 heavy (non-hydrogen) atoms. The molecule has 0 amide bonds. The van der Waals surface area contributed by atoms with E-state index in [1.54, 1.807) is 7.11 Å². The first-order valence-electron chi connectivity index (χ1n) is 6.57. The number of hydrogen-bond acceptors (Lipinski definition) is 2. The van der Waals surface area contributed by atoms with Crippen molar-refractivity contribution in [2.75, 3.05) is 21.2 Å². The summed E-state index contributed by atoms with van der Waals surface area (Å²) in [5, 5.41) is 0. The lowest BCUT2D eigenvalue weighted by Gasteiger charge is -2.16. The Balaban J connectivity index is 2.37. The Morgan fingerprint density at radius 3 is 2.05 bits per heavy atom. The summed E-state index contributed by atoms with van der Waals surface area (Å²) in [5.74, 6) is 1.78. The van der Waals surface area contributed by atoms with Crippen LogP contribution in [0.5, 0.6) is 5.75 Å². The fourth-order valence-corrected chi connectivity index (χ4v) is 1.90. The summed E-state index contributed by atoms with van der Waals surface area (Å²) >= 11 is 0. The average molecular weight is 268 g/mol. The van der Waals surface area contributed by atoms with Crippen LogP contribution in [0.25, 0.3) is 0 Å². The predicted molar refractivity (Wildman–Crippen MR) is 84.1 cm³/mol. The van der Waals surface area contributed by atoms with Crippen molar-refractivity contribution in [2.45, 2.75) is 6.92 Å². The minimum Gasteiger partial charge on any atom is -0.497 e. The molecule has 0 aliphatic rings. The van der Waals surface area contributed by atoms with Crippen molar-refractivity contribution < 1.29 is 4.74 Å². The normalized spacial score (nSPS) is 11.3. The maximum Gasteiger partial charge on any atom is 0.136 e. The van der Waals surface area contributed by atoms with E-state index in [9.17, 15) is 0 Å². The van der Waals surface area contributed by atoms with E-state index in [0.29, 0.717) is 0 Å². The van der Waals surface area contributed by atoms with Crippen LogP contribution in [0.4, 0.5) is 5.69 Å². The highest BCUT2D eigenvalue weighted by atomic mass is 16.5. The van der Waals surface area contributed by atoms with Gasteiger partial charge in [-0.15, -0.1) is 0 Å². The van der Waals surface area contributed by atoms with E-state index in [2.05, 4.69) is 19.1 Å². The molecule has 0 saturated heterocycles.